The van der Waals surface area contributed by atoms with Crippen LogP contribution >= 0.6 is 0 Å². The molecule has 3 heteroatoms. The van der Waals surface area contributed by atoms with E-state index in [0.29, 0.717) is 0 Å². The Labute approximate surface area is 118 Å². The van der Waals surface area contributed by atoms with Gasteiger partial charge in [-0.05, 0) is 42.8 Å². The Bertz CT molecular complexity index is 718. The number of hydrogen-bond donors (Lipinski definition) is 1. The zero-order valence-electron chi connectivity index (χ0n) is 11.8. The minimum absolute atomic E-state index is 0.0707. The minimum atomic E-state index is 0.0707. The largest absolute Gasteiger partial charge is 0.467 e. The monoisotopic (exact) mass is 266 g/mol. The summed E-state index contributed by atoms with van der Waals surface area (Å²) in [5, 5.41) is 4.64. The van der Waals surface area contributed by atoms with Crippen LogP contribution in [-0.2, 0) is 0 Å². The van der Waals surface area contributed by atoms with Gasteiger partial charge in [0.05, 0.1) is 17.8 Å². The highest BCUT2D eigenvalue weighted by atomic mass is 16.3. The smallest absolute Gasteiger partial charge is 0.128 e. The third-order valence-corrected chi connectivity index (χ3v) is 3.54. The van der Waals surface area contributed by atoms with Crippen LogP contribution in [0, 0.1) is 6.92 Å². The summed E-state index contributed by atoms with van der Waals surface area (Å²) >= 11 is 0. The normalized spacial score (nSPS) is 12.7. The highest BCUT2D eigenvalue weighted by molar-refractivity contribution is 5.79. The predicted molar refractivity (Wildman–Crippen MR) is 80.7 cm³/mol. The molecule has 1 unspecified atom stereocenters. The molecule has 3 nitrogen and oxygen atoms in total. The average molecular weight is 266 g/mol. The number of hydrogen-bond acceptors (Lipinski definition) is 3. The molecule has 0 fully saturated rings. The molecule has 0 aliphatic carbocycles. The Hall–Kier alpha value is -2.13. The van der Waals surface area contributed by atoms with Gasteiger partial charge in [0.2, 0.25) is 0 Å². The second kappa shape index (κ2) is 5.47. The molecular formula is C17H18N2O. The number of rotatable bonds is 4. The van der Waals surface area contributed by atoms with E-state index >= 15 is 0 Å². The summed E-state index contributed by atoms with van der Waals surface area (Å²) < 4.78 is 5.66. The molecule has 1 atom stereocenters. The molecule has 3 rings (SSSR count). The molecule has 0 aliphatic heterocycles. The summed E-state index contributed by atoms with van der Waals surface area (Å²) in [5.41, 5.74) is 3.35. The molecule has 1 aromatic carbocycles. The van der Waals surface area contributed by atoms with E-state index in [1.54, 1.807) is 6.26 Å². The van der Waals surface area contributed by atoms with Crippen LogP contribution in [0.5, 0.6) is 0 Å². The van der Waals surface area contributed by atoms with Crippen molar-refractivity contribution < 1.29 is 4.42 Å². The molecule has 0 saturated carbocycles. The molecular weight excluding hydrogens is 248 g/mol. The van der Waals surface area contributed by atoms with Gasteiger partial charge in [-0.15, -0.1) is 0 Å². The summed E-state index contributed by atoms with van der Waals surface area (Å²) in [6.07, 6.45) is 3.57. The van der Waals surface area contributed by atoms with Crippen LogP contribution in [0.15, 0.2) is 53.3 Å². The van der Waals surface area contributed by atoms with E-state index in [-0.39, 0.29) is 6.04 Å². The lowest BCUT2D eigenvalue weighted by Gasteiger charge is -2.17. The number of furan rings is 1. The number of aromatic nitrogens is 1. The maximum Gasteiger partial charge on any atom is 0.128 e. The maximum atomic E-state index is 5.66. The van der Waals surface area contributed by atoms with Crippen LogP contribution in [0.4, 0.5) is 0 Å². The molecule has 0 amide bonds. The molecule has 2 aromatic heterocycles. The molecule has 102 valence electrons. The van der Waals surface area contributed by atoms with Crippen LogP contribution in [0.1, 0.15) is 29.9 Å². The lowest BCUT2D eigenvalue weighted by Crippen LogP contribution is -2.22. The SMILES string of the molecule is CCNC(c1ccc2cccnc2c1)c1occc1C. The van der Waals surface area contributed by atoms with E-state index in [1.807, 2.05) is 18.3 Å². The van der Waals surface area contributed by atoms with Crippen molar-refractivity contribution in [3.05, 3.63) is 65.7 Å². The van der Waals surface area contributed by atoms with E-state index in [4.69, 9.17) is 4.42 Å². The third-order valence-electron chi connectivity index (χ3n) is 3.54. The topological polar surface area (TPSA) is 38.1 Å². The molecule has 0 spiro atoms. The van der Waals surface area contributed by atoms with Gasteiger partial charge in [-0.25, -0.2) is 0 Å². The van der Waals surface area contributed by atoms with Crippen LogP contribution in [0.3, 0.4) is 0 Å². The van der Waals surface area contributed by atoms with E-state index in [1.165, 1.54) is 5.56 Å². The van der Waals surface area contributed by atoms with Crippen molar-refractivity contribution in [3.8, 4) is 0 Å². The Morgan fingerprint density at radius 2 is 2.15 bits per heavy atom. The lowest BCUT2D eigenvalue weighted by molar-refractivity contribution is 0.449. The van der Waals surface area contributed by atoms with Crippen molar-refractivity contribution in [1.82, 2.24) is 10.3 Å². The van der Waals surface area contributed by atoms with Gasteiger partial charge in [-0.2, -0.15) is 0 Å². The van der Waals surface area contributed by atoms with Crippen molar-refractivity contribution in [2.45, 2.75) is 19.9 Å². The van der Waals surface area contributed by atoms with Gasteiger partial charge < -0.3 is 9.73 Å². The molecule has 1 N–H and O–H groups in total. The highest BCUT2D eigenvalue weighted by Crippen LogP contribution is 2.27. The van der Waals surface area contributed by atoms with Gasteiger partial charge in [0.1, 0.15) is 5.76 Å². The zero-order chi connectivity index (χ0) is 13.9. The quantitative estimate of drug-likeness (QED) is 0.779. The van der Waals surface area contributed by atoms with Crippen LogP contribution in [0.2, 0.25) is 0 Å². The number of benzene rings is 1. The molecule has 3 aromatic rings. The second-order valence-corrected chi connectivity index (χ2v) is 4.91. The van der Waals surface area contributed by atoms with E-state index in [9.17, 15) is 0 Å². The summed E-state index contributed by atoms with van der Waals surface area (Å²) in [4.78, 5) is 4.43. The Morgan fingerprint density at radius 1 is 1.25 bits per heavy atom. The zero-order valence-corrected chi connectivity index (χ0v) is 11.8. The average Bonchev–Trinajstić information content (AvgIpc) is 2.90. The van der Waals surface area contributed by atoms with E-state index < -0.39 is 0 Å². The first-order chi connectivity index (χ1) is 9.79. The number of fused-ring (bicyclic) bond motifs is 1. The van der Waals surface area contributed by atoms with E-state index in [0.717, 1.165) is 28.8 Å². The molecule has 20 heavy (non-hydrogen) atoms. The first-order valence-electron chi connectivity index (χ1n) is 6.91. The molecule has 0 aliphatic rings. The molecule has 2 heterocycles. The number of aryl methyl sites for hydroxylation is 1. The van der Waals surface area contributed by atoms with Gasteiger partial charge in [-0.3, -0.25) is 4.98 Å². The minimum Gasteiger partial charge on any atom is -0.467 e. The van der Waals surface area contributed by atoms with Crippen molar-refractivity contribution in [3.63, 3.8) is 0 Å². The summed E-state index contributed by atoms with van der Waals surface area (Å²) in [7, 11) is 0. The molecule has 0 saturated heterocycles. The van der Waals surface area contributed by atoms with Crippen molar-refractivity contribution >= 4 is 10.9 Å². The van der Waals surface area contributed by atoms with Crippen molar-refractivity contribution in [1.29, 1.82) is 0 Å². The predicted octanol–water partition coefficient (Wildman–Crippen LogP) is 3.84. The van der Waals surface area contributed by atoms with Crippen LogP contribution in [0.25, 0.3) is 10.9 Å². The Morgan fingerprint density at radius 3 is 2.90 bits per heavy atom. The lowest BCUT2D eigenvalue weighted by atomic mass is 10.0. The van der Waals surface area contributed by atoms with Crippen molar-refractivity contribution in [2.75, 3.05) is 6.54 Å². The van der Waals surface area contributed by atoms with Gasteiger partial charge in [0, 0.05) is 11.6 Å². The van der Waals surface area contributed by atoms with Gasteiger partial charge >= 0.3 is 0 Å². The third kappa shape index (κ3) is 2.32. The fourth-order valence-electron chi connectivity index (χ4n) is 2.51. The summed E-state index contributed by atoms with van der Waals surface area (Å²) in [6, 6.07) is 12.5. The fraction of sp³-hybridized carbons (Fsp3) is 0.235. The van der Waals surface area contributed by atoms with Crippen molar-refractivity contribution in [2.24, 2.45) is 0 Å². The number of nitrogens with one attached hydrogen (secondary N) is 1. The van der Waals surface area contributed by atoms with Crippen LogP contribution < -0.4 is 5.32 Å². The highest BCUT2D eigenvalue weighted by Gasteiger charge is 2.18. The number of nitrogens with zero attached hydrogens (tertiary/aromatic N) is 1. The van der Waals surface area contributed by atoms with Gasteiger partial charge in [0.15, 0.2) is 0 Å². The first kappa shape index (κ1) is 12.9. The Kier molecular flexibility index (Phi) is 3.52. The van der Waals surface area contributed by atoms with Crippen LogP contribution in [-0.4, -0.2) is 11.5 Å². The summed E-state index contributed by atoms with van der Waals surface area (Å²) in [6.45, 7) is 5.05. The molecule has 0 radical (unpaired) electrons. The summed E-state index contributed by atoms with van der Waals surface area (Å²) in [5.74, 6) is 0.974. The first-order valence-corrected chi connectivity index (χ1v) is 6.91. The fourth-order valence-corrected chi connectivity index (χ4v) is 2.51. The maximum absolute atomic E-state index is 5.66. The molecule has 0 bridgehead atoms. The van der Waals surface area contributed by atoms with Gasteiger partial charge in [-0.1, -0.05) is 25.1 Å². The second-order valence-electron chi connectivity index (χ2n) is 4.91. The Balaban J connectivity index is 2.07. The standard InChI is InChI=1S/C17H18N2O/c1-3-18-16(17-12(2)8-10-20-17)14-7-6-13-5-4-9-19-15(13)11-14/h4-11,16,18H,3H2,1-2H3. The number of pyridine rings is 1. The van der Waals surface area contributed by atoms with E-state index in [2.05, 4.69) is 48.4 Å². The van der Waals surface area contributed by atoms with Gasteiger partial charge in [0.25, 0.3) is 0 Å².